The summed E-state index contributed by atoms with van der Waals surface area (Å²) in [5.74, 6) is 0.246. The van der Waals surface area contributed by atoms with E-state index in [9.17, 15) is 4.79 Å². The lowest BCUT2D eigenvalue weighted by Gasteiger charge is -1.98. The average Bonchev–Trinajstić information content (AvgIpc) is 3.24. The van der Waals surface area contributed by atoms with Crippen molar-refractivity contribution in [3.05, 3.63) is 66.2 Å². The molecular formula is C16H14N4O2. The number of aromatic amines is 1. The molecule has 0 atom stereocenters. The van der Waals surface area contributed by atoms with Gasteiger partial charge in [0, 0.05) is 5.56 Å². The highest BCUT2D eigenvalue weighted by Crippen LogP contribution is 2.16. The highest BCUT2D eigenvalue weighted by atomic mass is 16.3. The molecule has 0 radical (unpaired) electrons. The van der Waals surface area contributed by atoms with Crippen LogP contribution in [-0.2, 0) is 0 Å². The molecule has 0 unspecified atom stereocenters. The van der Waals surface area contributed by atoms with Crippen LogP contribution in [0.1, 0.15) is 23.2 Å². The molecule has 0 bridgehead atoms. The fourth-order valence-electron chi connectivity index (χ4n) is 1.93. The highest BCUT2D eigenvalue weighted by Gasteiger charge is 2.10. The van der Waals surface area contributed by atoms with Gasteiger partial charge in [0.15, 0.2) is 0 Å². The van der Waals surface area contributed by atoms with Crippen LogP contribution >= 0.6 is 0 Å². The molecule has 0 fully saturated rings. The summed E-state index contributed by atoms with van der Waals surface area (Å²) in [4.78, 5) is 12.0. The number of rotatable bonds is 4. The maximum Gasteiger partial charge on any atom is 0.289 e. The predicted octanol–water partition coefficient (Wildman–Crippen LogP) is 2.82. The molecule has 22 heavy (non-hydrogen) atoms. The van der Waals surface area contributed by atoms with Gasteiger partial charge in [-0.15, -0.1) is 0 Å². The van der Waals surface area contributed by atoms with Crippen molar-refractivity contribution in [3.8, 4) is 11.3 Å². The third-order valence-electron chi connectivity index (χ3n) is 3.09. The lowest BCUT2D eigenvalue weighted by molar-refractivity contribution is 0.0950. The van der Waals surface area contributed by atoms with Crippen molar-refractivity contribution >= 4 is 11.6 Å². The van der Waals surface area contributed by atoms with Crippen LogP contribution in [0, 0.1) is 0 Å². The summed E-state index contributed by atoms with van der Waals surface area (Å²) in [7, 11) is 0. The monoisotopic (exact) mass is 294 g/mol. The molecular weight excluding hydrogens is 280 g/mol. The van der Waals surface area contributed by atoms with Crippen molar-refractivity contribution in [2.45, 2.75) is 6.92 Å². The van der Waals surface area contributed by atoms with E-state index in [4.69, 9.17) is 4.42 Å². The van der Waals surface area contributed by atoms with Crippen LogP contribution in [0.5, 0.6) is 0 Å². The zero-order valence-electron chi connectivity index (χ0n) is 11.9. The Morgan fingerprint density at radius 3 is 2.77 bits per heavy atom. The second-order valence-electron chi connectivity index (χ2n) is 4.65. The number of hydrogen-bond donors (Lipinski definition) is 2. The topological polar surface area (TPSA) is 83.3 Å². The normalized spacial score (nSPS) is 11.4. The number of H-pyrrole nitrogens is 1. The number of furan rings is 1. The molecule has 0 aliphatic carbocycles. The number of aromatic nitrogens is 2. The Morgan fingerprint density at radius 1 is 1.23 bits per heavy atom. The van der Waals surface area contributed by atoms with Gasteiger partial charge in [0.2, 0.25) is 0 Å². The third-order valence-corrected chi connectivity index (χ3v) is 3.09. The van der Waals surface area contributed by atoms with E-state index in [1.807, 2.05) is 30.3 Å². The number of hydrogen-bond acceptors (Lipinski definition) is 4. The highest BCUT2D eigenvalue weighted by molar-refractivity contribution is 5.98. The van der Waals surface area contributed by atoms with Crippen LogP contribution in [0.4, 0.5) is 0 Å². The molecule has 0 aliphatic heterocycles. The SMILES string of the molecule is C/C(=N\NC(=O)c1cc(-c2ccccc2)n[nH]1)c1ccco1. The molecule has 3 aromatic rings. The Balaban J connectivity index is 1.71. The van der Waals surface area contributed by atoms with Gasteiger partial charge in [-0.1, -0.05) is 30.3 Å². The van der Waals surface area contributed by atoms with Crippen LogP contribution in [0.3, 0.4) is 0 Å². The quantitative estimate of drug-likeness (QED) is 0.573. The van der Waals surface area contributed by atoms with E-state index in [1.54, 1.807) is 31.4 Å². The molecule has 3 rings (SSSR count). The summed E-state index contributed by atoms with van der Waals surface area (Å²) >= 11 is 0. The molecule has 0 spiro atoms. The van der Waals surface area contributed by atoms with Gasteiger partial charge < -0.3 is 4.42 Å². The average molecular weight is 294 g/mol. The molecule has 1 amide bonds. The number of carbonyl (C=O) groups excluding carboxylic acids is 1. The minimum Gasteiger partial charge on any atom is -0.463 e. The third kappa shape index (κ3) is 2.95. The summed E-state index contributed by atoms with van der Waals surface area (Å²) in [6.45, 7) is 1.75. The summed E-state index contributed by atoms with van der Waals surface area (Å²) in [5, 5.41) is 10.8. The molecule has 2 aromatic heterocycles. The first-order chi connectivity index (χ1) is 10.7. The number of carbonyl (C=O) groups is 1. The first kappa shape index (κ1) is 13.8. The number of benzene rings is 1. The predicted molar refractivity (Wildman–Crippen MR) is 82.4 cm³/mol. The van der Waals surface area contributed by atoms with Crippen molar-refractivity contribution in [2.24, 2.45) is 5.10 Å². The Bertz CT molecular complexity index is 789. The second-order valence-corrected chi connectivity index (χ2v) is 4.65. The smallest absolute Gasteiger partial charge is 0.289 e. The standard InChI is InChI=1S/C16H14N4O2/c1-11(15-8-5-9-22-15)17-20-16(21)14-10-13(18-19-14)12-6-3-2-4-7-12/h2-10H,1H3,(H,18,19)(H,20,21)/b17-11+. The van der Waals surface area contributed by atoms with Crippen molar-refractivity contribution < 1.29 is 9.21 Å². The maximum atomic E-state index is 12.0. The van der Waals surface area contributed by atoms with Crippen LogP contribution < -0.4 is 5.43 Å². The second kappa shape index (κ2) is 6.09. The van der Waals surface area contributed by atoms with Crippen molar-refractivity contribution in [3.63, 3.8) is 0 Å². The molecule has 6 heteroatoms. The lowest BCUT2D eigenvalue weighted by Crippen LogP contribution is -2.19. The van der Waals surface area contributed by atoms with E-state index in [0.717, 1.165) is 5.56 Å². The Labute approximate surface area is 126 Å². The Hall–Kier alpha value is -3.15. The van der Waals surface area contributed by atoms with Gasteiger partial charge in [0.25, 0.3) is 5.91 Å². The first-order valence-electron chi connectivity index (χ1n) is 6.73. The van der Waals surface area contributed by atoms with E-state index < -0.39 is 0 Å². The van der Waals surface area contributed by atoms with E-state index in [2.05, 4.69) is 20.7 Å². The molecule has 6 nitrogen and oxygen atoms in total. The van der Waals surface area contributed by atoms with E-state index in [-0.39, 0.29) is 5.91 Å². The molecule has 0 saturated carbocycles. The van der Waals surface area contributed by atoms with E-state index >= 15 is 0 Å². The van der Waals surface area contributed by atoms with Crippen molar-refractivity contribution in [1.82, 2.24) is 15.6 Å². The number of amides is 1. The lowest BCUT2D eigenvalue weighted by atomic mass is 10.1. The largest absolute Gasteiger partial charge is 0.463 e. The minimum atomic E-state index is -0.361. The van der Waals surface area contributed by atoms with Crippen LogP contribution in [0.15, 0.2) is 64.3 Å². The maximum absolute atomic E-state index is 12.0. The van der Waals surface area contributed by atoms with Gasteiger partial charge in [-0.05, 0) is 25.1 Å². The minimum absolute atomic E-state index is 0.342. The van der Waals surface area contributed by atoms with Gasteiger partial charge in [0.1, 0.15) is 17.2 Å². The Kier molecular flexibility index (Phi) is 3.82. The van der Waals surface area contributed by atoms with Gasteiger partial charge in [0.05, 0.1) is 12.0 Å². The van der Waals surface area contributed by atoms with E-state index in [1.165, 1.54) is 0 Å². The number of nitrogens with zero attached hydrogens (tertiary/aromatic N) is 2. The van der Waals surface area contributed by atoms with Gasteiger partial charge in [-0.3, -0.25) is 9.89 Å². The molecule has 2 N–H and O–H groups in total. The summed E-state index contributed by atoms with van der Waals surface area (Å²) in [6, 6.07) is 14.8. The first-order valence-corrected chi connectivity index (χ1v) is 6.73. The number of hydrazone groups is 1. The molecule has 0 aliphatic rings. The molecule has 110 valence electrons. The van der Waals surface area contributed by atoms with Gasteiger partial charge >= 0.3 is 0 Å². The summed E-state index contributed by atoms with van der Waals surface area (Å²) < 4.78 is 5.19. The van der Waals surface area contributed by atoms with Crippen LogP contribution in [0.2, 0.25) is 0 Å². The van der Waals surface area contributed by atoms with Crippen LogP contribution in [-0.4, -0.2) is 21.8 Å². The molecule has 0 saturated heterocycles. The van der Waals surface area contributed by atoms with Crippen molar-refractivity contribution in [1.29, 1.82) is 0 Å². The summed E-state index contributed by atoms with van der Waals surface area (Å²) in [6.07, 6.45) is 1.55. The number of nitrogens with one attached hydrogen (secondary N) is 2. The van der Waals surface area contributed by atoms with Crippen molar-refractivity contribution in [2.75, 3.05) is 0 Å². The zero-order chi connectivity index (χ0) is 15.4. The molecule has 1 aromatic carbocycles. The zero-order valence-corrected chi connectivity index (χ0v) is 11.9. The van der Waals surface area contributed by atoms with Crippen LogP contribution in [0.25, 0.3) is 11.3 Å². The summed E-state index contributed by atoms with van der Waals surface area (Å²) in [5.41, 5.74) is 5.04. The Morgan fingerprint density at radius 2 is 2.05 bits per heavy atom. The fourth-order valence-corrected chi connectivity index (χ4v) is 1.93. The van der Waals surface area contributed by atoms with Gasteiger partial charge in [-0.25, -0.2) is 5.43 Å². The van der Waals surface area contributed by atoms with E-state index in [0.29, 0.717) is 22.9 Å². The molecule has 2 heterocycles. The van der Waals surface area contributed by atoms with Gasteiger partial charge in [-0.2, -0.15) is 10.2 Å². The fraction of sp³-hybridized carbons (Fsp3) is 0.0625.